The van der Waals surface area contributed by atoms with Gasteiger partial charge in [0.25, 0.3) is 0 Å². The fraction of sp³-hybridized carbons (Fsp3) is 0.312. The topological polar surface area (TPSA) is 53.8 Å². The van der Waals surface area contributed by atoms with E-state index in [0.717, 1.165) is 27.8 Å². The van der Waals surface area contributed by atoms with Gasteiger partial charge in [0.2, 0.25) is 0 Å². The third-order valence-electron chi connectivity index (χ3n) is 2.91. The van der Waals surface area contributed by atoms with E-state index in [1.807, 2.05) is 30.3 Å². The van der Waals surface area contributed by atoms with Crippen molar-refractivity contribution in [1.82, 2.24) is 4.37 Å². The number of ketones is 1. The lowest BCUT2D eigenvalue weighted by Gasteiger charge is -2.00. The highest BCUT2D eigenvalue weighted by atomic mass is 32.2. The van der Waals surface area contributed by atoms with E-state index in [-0.39, 0.29) is 5.78 Å². The first-order valence-corrected chi connectivity index (χ1v) is 9.74. The molecule has 2 rings (SSSR count). The lowest BCUT2D eigenvalue weighted by molar-refractivity contribution is 0.102. The Balaban J connectivity index is 1.98. The molecular formula is C16H16N2OS3. The third kappa shape index (κ3) is 4.60. The minimum atomic E-state index is 0.0723. The van der Waals surface area contributed by atoms with Gasteiger partial charge in [-0.05, 0) is 23.7 Å². The second-order valence-electron chi connectivity index (χ2n) is 4.54. The molecule has 6 heteroatoms. The molecule has 0 saturated heterocycles. The Labute approximate surface area is 143 Å². The molecule has 3 nitrogen and oxygen atoms in total. The molecule has 2 aromatic rings. The van der Waals surface area contributed by atoms with Crippen molar-refractivity contribution in [2.45, 2.75) is 29.0 Å². The lowest BCUT2D eigenvalue weighted by Crippen LogP contribution is -2.01. The molecule has 0 aliphatic carbocycles. The molecule has 0 aliphatic heterocycles. The van der Waals surface area contributed by atoms with Crippen molar-refractivity contribution in [2.24, 2.45) is 0 Å². The van der Waals surface area contributed by atoms with Gasteiger partial charge in [-0.3, -0.25) is 4.79 Å². The first-order valence-electron chi connectivity index (χ1n) is 6.99. The van der Waals surface area contributed by atoms with Crippen molar-refractivity contribution in [3.05, 3.63) is 41.5 Å². The molecule has 0 aliphatic rings. The molecule has 0 atom stereocenters. The predicted octanol–water partition coefficient (Wildman–Crippen LogP) is 4.88. The molecule has 0 spiro atoms. The van der Waals surface area contributed by atoms with Crippen molar-refractivity contribution in [3.63, 3.8) is 0 Å². The number of Topliss-reactive ketones (excluding diaryl/α,β-unsaturated/α-hetero) is 1. The minimum absolute atomic E-state index is 0.0723. The maximum atomic E-state index is 12.1. The Hall–Kier alpha value is -1.29. The van der Waals surface area contributed by atoms with E-state index in [9.17, 15) is 10.1 Å². The maximum absolute atomic E-state index is 12.1. The zero-order chi connectivity index (χ0) is 15.8. The minimum Gasteiger partial charge on any atom is -0.293 e. The summed E-state index contributed by atoms with van der Waals surface area (Å²) in [4.78, 5) is 12.1. The highest BCUT2D eigenvalue weighted by Gasteiger charge is 2.16. The Kier molecular flexibility index (Phi) is 6.97. The molecule has 1 heterocycles. The molecule has 0 N–H and O–H groups in total. The number of thioether (sulfide) groups is 2. The van der Waals surface area contributed by atoms with Crippen LogP contribution in [0, 0.1) is 11.3 Å². The number of nitrogens with zero attached hydrogens (tertiary/aromatic N) is 2. The van der Waals surface area contributed by atoms with Gasteiger partial charge in [-0.1, -0.05) is 43.7 Å². The van der Waals surface area contributed by atoms with Crippen LogP contribution in [0.2, 0.25) is 0 Å². The predicted molar refractivity (Wildman–Crippen MR) is 94.0 cm³/mol. The van der Waals surface area contributed by atoms with Gasteiger partial charge in [0.05, 0.1) is 5.75 Å². The van der Waals surface area contributed by atoms with Gasteiger partial charge in [-0.2, -0.15) is 9.64 Å². The van der Waals surface area contributed by atoms with Crippen LogP contribution in [0.25, 0.3) is 0 Å². The SMILES string of the molecule is CCCCSc1nsc(SCC(=O)c2ccccc2)c1C#N. The van der Waals surface area contributed by atoms with E-state index in [4.69, 9.17) is 0 Å². The van der Waals surface area contributed by atoms with Crippen molar-refractivity contribution in [1.29, 1.82) is 5.26 Å². The maximum Gasteiger partial charge on any atom is 0.173 e. The van der Waals surface area contributed by atoms with Gasteiger partial charge < -0.3 is 0 Å². The molecule has 0 fully saturated rings. The van der Waals surface area contributed by atoms with Crippen LogP contribution < -0.4 is 0 Å². The Morgan fingerprint density at radius 3 is 2.77 bits per heavy atom. The van der Waals surface area contributed by atoms with Gasteiger partial charge in [0.15, 0.2) is 5.78 Å². The zero-order valence-electron chi connectivity index (χ0n) is 12.2. The average molecular weight is 349 g/mol. The van der Waals surface area contributed by atoms with E-state index >= 15 is 0 Å². The number of unbranched alkanes of at least 4 members (excludes halogenated alkanes) is 1. The molecule has 0 amide bonds. The Bertz CT molecular complexity index is 662. The summed E-state index contributed by atoms with van der Waals surface area (Å²) in [5.74, 6) is 1.38. The number of benzene rings is 1. The van der Waals surface area contributed by atoms with Crippen LogP contribution in [0.3, 0.4) is 0 Å². The standard InChI is InChI=1S/C16H16N2OS3/c1-2-3-9-20-15-13(10-17)16(22-18-15)21-11-14(19)12-7-5-4-6-8-12/h4-8H,2-3,9,11H2,1H3. The first-order chi connectivity index (χ1) is 10.8. The van der Waals surface area contributed by atoms with E-state index in [1.165, 1.54) is 23.3 Å². The summed E-state index contributed by atoms with van der Waals surface area (Å²) in [5.41, 5.74) is 1.33. The van der Waals surface area contributed by atoms with Crippen molar-refractivity contribution in [2.75, 3.05) is 11.5 Å². The highest BCUT2D eigenvalue weighted by Crippen LogP contribution is 2.34. The fourth-order valence-corrected chi connectivity index (χ4v) is 4.78. The molecule has 22 heavy (non-hydrogen) atoms. The lowest BCUT2D eigenvalue weighted by atomic mass is 10.2. The normalized spacial score (nSPS) is 10.4. The molecule has 0 radical (unpaired) electrons. The number of hydrogen-bond acceptors (Lipinski definition) is 6. The second kappa shape index (κ2) is 8.99. The van der Waals surface area contributed by atoms with Crippen LogP contribution in [-0.2, 0) is 0 Å². The Morgan fingerprint density at radius 1 is 1.32 bits per heavy atom. The van der Waals surface area contributed by atoms with Crippen LogP contribution in [0.4, 0.5) is 0 Å². The second-order valence-corrected chi connectivity index (χ2v) is 7.64. The van der Waals surface area contributed by atoms with Gasteiger partial charge in [-0.15, -0.1) is 23.5 Å². The smallest absolute Gasteiger partial charge is 0.173 e. The van der Waals surface area contributed by atoms with Crippen molar-refractivity contribution < 1.29 is 4.79 Å². The zero-order valence-corrected chi connectivity index (χ0v) is 14.7. The molecule has 0 unspecified atom stereocenters. The van der Waals surface area contributed by atoms with E-state index in [0.29, 0.717) is 16.9 Å². The highest BCUT2D eigenvalue weighted by molar-refractivity contribution is 8.02. The van der Waals surface area contributed by atoms with Gasteiger partial charge in [-0.25, -0.2) is 0 Å². The fourth-order valence-electron chi connectivity index (χ4n) is 1.70. The summed E-state index contributed by atoms with van der Waals surface area (Å²) in [5, 5.41) is 10.1. The molecule has 0 saturated carbocycles. The molecule has 1 aromatic carbocycles. The molecular weight excluding hydrogens is 332 g/mol. The average Bonchev–Trinajstić information content (AvgIpc) is 2.95. The number of carbonyl (C=O) groups excluding carboxylic acids is 1. The largest absolute Gasteiger partial charge is 0.293 e. The number of nitriles is 1. The van der Waals surface area contributed by atoms with Crippen LogP contribution in [0.15, 0.2) is 39.6 Å². The number of carbonyl (C=O) groups is 1. The first kappa shape index (κ1) is 17.1. The van der Waals surface area contributed by atoms with Crippen LogP contribution in [0.5, 0.6) is 0 Å². The summed E-state index contributed by atoms with van der Waals surface area (Å²) in [6, 6.07) is 11.5. The van der Waals surface area contributed by atoms with E-state index < -0.39 is 0 Å². The monoisotopic (exact) mass is 348 g/mol. The van der Waals surface area contributed by atoms with Crippen molar-refractivity contribution >= 4 is 40.8 Å². The van der Waals surface area contributed by atoms with Crippen LogP contribution in [-0.4, -0.2) is 21.7 Å². The Morgan fingerprint density at radius 2 is 2.09 bits per heavy atom. The third-order valence-corrected chi connectivity index (χ3v) is 6.18. The molecule has 0 bridgehead atoms. The quantitative estimate of drug-likeness (QED) is 0.386. The molecule has 1 aromatic heterocycles. The summed E-state index contributed by atoms with van der Waals surface area (Å²) >= 11 is 4.34. The summed E-state index contributed by atoms with van der Waals surface area (Å²) < 4.78 is 5.20. The summed E-state index contributed by atoms with van der Waals surface area (Å²) in [6.45, 7) is 2.14. The van der Waals surface area contributed by atoms with Gasteiger partial charge in [0.1, 0.15) is 20.9 Å². The summed E-state index contributed by atoms with van der Waals surface area (Å²) in [7, 11) is 0. The van der Waals surface area contributed by atoms with Crippen molar-refractivity contribution in [3.8, 4) is 6.07 Å². The van der Waals surface area contributed by atoms with Gasteiger partial charge in [0, 0.05) is 5.56 Å². The van der Waals surface area contributed by atoms with E-state index in [1.54, 1.807) is 11.8 Å². The van der Waals surface area contributed by atoms with Gasteiger partial charge >= 0.3 is 0 Å². The molecule has 114 valence electrons. The number of aromatic nitrogens is 1. The van der Waals surface area contributed by atoms with E-state index in [2.05, 4.69) is 17.4 Å². The van der Waals surface area contributed by atoms with Crippen LogP contribution in [0.1, 0.15) is 35.7 Å². The number of rotatable bonds is 8. The summed E-state index contributed by atoms with van der Waals surface area (Å²) in [6.07, 6.45) is 2.24. The van der Waals surface area contributed by atoms with Crippen LogP contribution >= 0.6 is 35.1 Å². The number of hydrogen-bond donors (Lipinski definition) is 0.